The van der Waals surface area contributed by atoms with Crippen molar-refractivity contribution in [3.63, 3.8) is 0 Å². The van der Waals surface area contributed by atoms with E-state index in [1.54, 1.807) is 6.20 Å². The van der Waals surface area contributed by atoms with E-state index in [1.807, 2.05) is 9.80 Å². The summed E-state index contributed by atoms with van der Waals surface area (Å²) >= 11 is 0. The van der Waals surface area contributed by atoms with Gasteiger partial charge in [-0.25, -0.2) is 17.9 Å². The summed E-state index contributed by atoms with van der Waals surface area (Å²) in [7, 11) is 0. The highest BCUT2D eigenvalue weighted by molar-refractivity contribution is 5.92. The second-order valence-electron chi connectivity index (χ2n) is 19.4. The second kappa shape index (κ2) is 15.3. The highest BCUT2D eigenvalue weighted by Crippen LogP contribution is 2.43. The lowest BCUT2D eigenvalue weighted by atomic mass is 9.74. The van der Waals surface area contributed by atoms with Crippen LogP contribution in [-0.4, -0.2) is 172 Å². The summed E-state index contributed by atoms with van der Waals surface area (Å²) < 4.78 is 58.8. The standard InChI is InChI=1S/C43H57F3N12O3/c1-23-48-35-12-25(45)10-31-34-4-2-5-38(50-34)49-26-13-27(17-53-8-3-9-61-30(19-53)20-54(23)39(31)35)55(16-26)40-32-15-47-58(36-7-6-24(44)11-33(36)46)41(32)52-43(51-40)57-28-14-37(57)42(59)56(18-28)29-21-60-22-29/h6-7,11,15,23,25-31,34-35,37-39,48-50H,2-5,8-10,12-14,16-22H2,1H3/t23?,25?,26-,27-,28+,30-,31?,34?,35?,37-,38?,39?/m0/s1. The number of piperidine rings is 2. The fraction of sp³-hybridized carbons (Fsp3) is 0.721. The summed E-state index contributed by atoms with van der Waals surface area (Å²) in [5.74, 6) is -0.0543. The molecule has 13 atom stereocenters. The van der Waals surface area contributed by atoms with Crippen LogP contribution in [0.4, 0.5) is 24.9 Å². The zero-order valence-electron chi connectivity index (χ0n) is 34.7. The molecule has 3 aromatic rings. The lowest BCUT2D eigenvalue weighted by Gasteiger charge is -2.57. The van der Waals surface area contributed by atoms with Crippen molar-refractivity contribution >= 4 is 28.7 Å². The minimum absolute atomic E-state index is 0.00541. The van der Waals surface area contributed by atoms with Gasteiger partial charge in [0.15, 0.2) is 11.5 Å². The fourth-order valence-electron chi connectivity index (χ4n) is 12.8. The Morgan fingerprint density at radius 2 is 1.77 bits per heavy atom. The molecule has 0 radical (unpaired) electrons. The topological polar surface area (TPSA) is 131 Å². The molecular formula is C43H57F3N12O3. The monoisotopic (exact) mass is 846 g/mol. The zero-order chi connectivity index (χ0) is 41.1. The molecule has 1 aromatic carbocycles. The van der Waals surface area contributed by atoms with Crippen LogP contribution in [-0.2, 0) is 14.3 Å². The number of fused-ring (bicyclic) bond motifs is 10. The number of halogens is 3. The number of alkyl halides is 1. The number of carbonyl (C=O) groups excluding carboxylic acids is 1. The number of nitrogens with zero attached hydrogens (tertiary/aromatic N) is 9. The minimum Gasteiger partial charge on any atom is -0.377 e. The number of carbonyl (C=O) groups is 1. The molecule has 61 heavy (non-hydrogen) atoms. The van der Waals surface area contributed by atoms with Crippen LogP contribution >= 0.6 is 0 Å². The molecule has 8 unspecified atom stereocenters. The number of anilines is 2. The van der Waals surface area contributed by atoms with E-state index in [0.29, 0.717) is 68.6 Å². The predicted molar refractivity (Wildman–Crippen MR) is 220 cm³/mol. The molecular weight excluding hydrogens is 790 g/mol. The third-order valence-corrected chi connectivity index (χ3v) is 15.6. The smallest absolute Gasteiger partial charge is 0.245 e. The molecule has 8 bridgehead atoms. The van der Waals surface area contributed by atoms with E-state index in [2.05, 4.69) is 42.7 Å². The number of hydrogen-bond acceptors (Lipinski definition) is 13. The number of nitrogens with one attached hydrogen (secondary N) is 3. The number of rotatable bonds is 4. The summed E-state index contributed by atoms with van der Waals surface area (Å²) in [5, 5.41) is 17.2. The van der Waals surface area contributed by atoms with Crippen LogP contribution in [0.25, 0.3) is 16.7 Å². The van der Waals surface area contributed by atoms with Gasteiger partial charge in [0.1, 0.15) is 29.5 Å². The highest BCUT2D eigenvalue weighted by atomic mass is 19.1. The number of amides is 1. The maximum Gasteiger partial charge on any atom is 0.245 e. The molecule has 328 valence electrons. The molecule has 11 heterocycles. The number of hydrogen-bond donors (Lipinski definition) is 3. The van der Waals surface area contributed by atoms with Crippen LogP contribution in [0.2, 0.25) is 0 Å². The summed E-state index contributed by atoms with van der Waals surface area (Å²) in [6.07, 6.45) is 7.85. The molecule has 2 aromatic heterocycles. The highest BCUT2D eigenvalue weighted by Gasteiger charge is 2.55. The maximum atomic E-state index is 15.6. The van der Waals surface area contributed by atoms with Crippen LogP contribution in [0.15, 0.2) is 24.4 Å². The summed E-state index contributed by atoms with van der Waals surface area (Å²) in [6.45, 7) is 8.55. The number of aromatic nitrogens is 4. The molecule has 1 aliphatic carbocycles. The van der Waals surface area contributed by atoms with Gasteiger partial charge in [-0.1, -0.05) is 0 Å². The predicted octanol–water partition coefficient (Wildman–Crippen LogP) is 2.13. The molecule has 3 N–H and O–H groups in total. The van der Waals surface area contributed by atoms with Crippen LogP contribution < -0.4 is 25.8 Å². The molecule has 0 spiro atoms. The van der Waals surface area contributed by atoms with Gasteiger partial charge in [0.05, 0.1) is 55.3 Å². The molecule has 10 aliphatic rings. The van der Waals surface area contributed by atoms with Gasteiger partial charge in [-0.05, 0) is 76.3 Å². The fourth-order valence-corrected chi connectivity index (χ4v) is 12.8. The quantitative estimate of drug-likeness (QED) is 0.355. The maximum absolute atomic E-state index is 15.6. The van der Waals surface area contributed by atoms with Crippen LogP contribution in [0.1, 0.15) is 58.3 Å². The first-order valence-electron chi connectivity index (χ1n) is 22.9. The van der Waals surface area contributed by atoms with Gasteiger partial charge in [-0.3, -0.25) is 30.5 Å². The number of ether oxygens (including phenoxy) is 2. The third kappa shape index (κ3) is 6.72. The first-order chi connectivity index (χ1) is 29.7. The van der Waals surface area contributed by atoms with E-state index >= 15 is 8.78 Å². The Balaban J connectivity index is 0.924. The lowest BCUT2D eigenvalue weighted by molar-refractivity contribution is -0.155. The molecule has 1 amide bonds. The molecule has 15 nitrogen and oxygen atoms in total. The second-order valence-corrected chi connectivity index (χ2v) is 19.4. The van der Waals surface area contributed by atoms with E-state index in [9.17, 15) is 9.18 Å². The minimum atomic E-state index is -0.819. The van der Waals surface area contributed by atoms with Gasteiger partial charge in [0.25, 0.3) is 0 Å². The van der Waals surface area contributed by atoms with Gasteiger partial charge in [-0.15, -0.1) is 0 Å². The van der Waals surface area contributed by atoms with Crippen molar-refractivity contribution in [1.29, 1.82) is 0 Å². The Labute approximate surface area is 353 Å². The van der Waals surface area contributed by atoms with Crippen molar-refractivity contribution in [1.82, 2.24) is 50.4 Å². The van der Waals surface area contributed by atoms with Gasteiger partial charge < -0.3 is 24.2 Å². The van der Waals surface area contributed by atoms with E-state index in [4.69, 9.17) is 19.4 Å². The normalized spacial score (nSPS) is 39.3. The van der Waals surface area contributed by atoms with Crippen LogP contribution in [0, 0.1) is 17.6 Å². The average Bonchev–Trinajstić information content (AvgIpc) is 3.84. The zero-order valence-corrected chi connectivity index (χ0v) is 34.7. The molecule has 1 saturated carbocycles. The van der Waals surface area contributed by atoms with Gasteiger partial charge in [0.2, 0.25) is 11.9 Å². The van der Waals surface area contributed by atoms with Crippen LogP contribution in [0.5, 0.6) is 0 Å². The van der Waals surface area contributed by atoms with Gasteiger partial charge >= 0.3 is 0 Å². The van der Waals surface area contributed by atoms with Gasteiger partial charge in [0, 0.05) is 82.2 Å². The first kappa shape index (κ1) is 39.0. The van der Waals surface area contributed by atoms with E-state index in [-0.39, 0.29) is 78.2 Å². The van der Waals surface area contributed by atoms with Crippen molar-refractivity contribution in [2.24, 2.45) is 5.92 Å². The molecule has 18 heteroatoms. The molecule has 9 aliphatic heterocycles. The van der Waals surface area contributed by atoms with E-state index in [0.717, 1.165) is 70.8 Å². The Bertz CT molecular complexity index is 2160. The Morgan fingerprint density at radius 3 is 2.61 bits per heavy atom. The number of benzene rings is 1. The van der Waals surface area contributed by atoms with Crippen molar-refractivity contribution in [2.45, 2.75) is 131 Å². The summed E-state index contributed by atoms with van der Waals surface area (Å²) in [5.41, 5.74) is 0.494. The van der Waals surface area contributed by atoms with Crippen molar-refractivity contribution < 1.29 is 27.4 Å². The average molecular weight is 847 g/mol. The first-order valence-corrected chi connectivity index (χ1v) is 22.9. The van der Waals surface area contributed by atoms with Crippen molar-refractivity contribution in [3.05, 3.63) is 36.0 Å². The number of piperazine rings is 1. The molecule has 10 fully saturated rings. The Hall–Kier alpha value is -3.65. The molecule has 13 rings (SSSR count). The van der Waals surface area contributed by atoms with Crippen LogP contribution in [0.3, 0.4) is 0 Å². The van der Waals surface area contributed by atoms with E-state index < -0.39 is 23.8 Å². The Morgan fingerprint density at radius 1 is 0.869 bits per heavy atom. The van der Waals surface area contributed by atoms with Crippen molar-refractivity contribution in [2.75, 3.05) is 68.9 Å². The summed E-state index contributed by atoms with van der Waals surface area (Å²) in [4.78, 5) is 35.9. The summed E-state index contributed by atoms with van der Waals surface area (Å²) in [6, 6.07) is 3.96. The lowest BCUT2D eigenvalue weighted by Crippen LogP contribution is -2.75. The van der Waals surface area contributed by atoms with E-state index in [1.165, 1.54) is 16.8 Å². The Kier molecular flexibility index (Phi) is 9.75. The van der Waals surface area contributed by atoms with Gasteiger partial charge in [-0.2, -0.15) is 15.1 Å². The largest absolute Gasteiger partial charge is 0.377 e. The van der Waals surface area contributed by atoms with Crippen molar-refractivity contribution in [3.8, 4) is 5.69 Å². The SMILES string of the molecule is CC1NC2CC(F)CC3C4CCCC(N4)N[C@H]4C[C@@H](CN5CCCO[C@@H](C5)CN1C23)N(c1nc(N2[C@@H]3C[C@H]2C(=O)N(C2COC2)C3)nc2c1cnn2-c1ccc(F)cc1F)C4. The molecule has 9 saturated heterocycles. The third-order valence-electron chi connectivity index (χ3n) is 15.6.